The molecule has 1 amide bonds. The molecule has 1 saturated heterocycles. The molecule has 9 nitrogen and oxygen atoms in total. The van der Waals surface area contributed by atoms with Gasteiger partial charge in [-0.25, -0.2) is 19.9 Å². The van der Waals surface area contributed by atoms with E-state index < -0.39 is 0 Å². The lowest BCUT2D eigenvalue weighted by molar-refractivity contribution is 0.102. The lowest BCUT2D eigenvalue weighted by Gasteiger charge is -2.22. The van der Waals surface area contributed by atoms with E-state index in [4.69, 9.17) is 0 Å². The van der Waals surface area contributed by atoms with E-state index >= 15 is 0 Å². The Morgan fingerprint density at radius 3 is 2.74 bits per heavy atom. The average Bonchev–Trinajstić information content (AvgIpc) is 3.39. The van der Waals surface area contributed by atoms with Gasteiger partial charge in [0.05, 0.1) is 30.0 Å². The van der Waals surface area contributed by atoms with Crippen molar-refractivity contribution in [3.8, 4) is 0 Å². The number of rotatable bonds is 6. The summed E-state index contributed by atoms with van der Waals surface area (Å²) in [6, 6.07) is 1.15. The summed E-state index contributed by atoms with van der Waals surface area (Å²) in [4.78, 5) is 32.7. The van der Waals surface area contributed by atoms with Gasteiger partial charge in [-0.1, -0.05) is 0 Å². The fourth-order valence-corrected chi connectivity index (χ4v) is 4.33. The molecular formula is C22H28N8O. The smallest absolute Gasteiger partial charge is 0.277 e. The summed E-state index contributed by atoms with van der Waals surface area (Å²) in [6.07, 6.45) is 10.7. The summed E-state index contributed by atoms with van der Waals surface area (Å²) >= 11 is 0. The molecule has 0 bridgehead atoms. The zero-order valence-corrected chi connectivity index (χ0v) is 18.2. The van der Waals surface area contributed by atoms with Crippen LogP contribution in [-0.2, 0) is 0 Å². The lowest BCUT2D eigenvalue weighted by atomic mass is 10.1. The largest absolute Gasteiger partial charge is 0.352 e. The number of aryl methyl sites for hydroxylation is 2. The van der Waals surface area contributed by atoms with Crippen LogP contribution in [-0.4, -0.2) is 55.4 Å². The van der Waals surface area contributed by atoms with Crippen molar-refractivity contribution in [2.24, 2.45) is 5.92 Å². The zero-order valence-electron chi connectivity index (χ0n) is 18.2. The highest BCUT2D eigenvalue weighted by molar-refractivity contribution is 6.02. The molecule has 1 aliphatic heterocycles. The van der Waals surface area contributed by atoms with Crippen molar-refractivity contribution in [2.45, 2.75) is 52.1 Å². The van der Waals surface area contributed by atoms with Crippen LogP contribution in [0.15, 0.2) is 24.8 Å². The minimum absolute atomic E-state index is 0.268. The fraction of sp³-hybridized carbons (Fsp3) is 0.500. The number of nitrogens with zero attached hydrogens (tertiary/aromatic N) is 6. The first-order valence-corrected chi connectivity index (χ1v) is 10.9. The standard InChI is InChI=1S/C22H28N8O/c1-13-10-29-12-19(27-15(3)21(29)26-13)28-22(31)18-8-25-20(9-24-18)30-11-16(6-14(30)2)7-23-17-4-5-17/h8-10,12,14,16-17,23H,4-7,11H2,1-3H3,(H,28,31). The Kier molecular flexibility index (Phi) is 5.05. The Morgan fingerprint density at radius 2 is 2.00 bits per heavy atom. The number of amides is 1. The molecule has 5 rings (SSSR count). The third-order valence-electron chi connectivity index (χ3n) is 6.07. The van der Waals surface area contributed by atoms with Crippen LogP contribution in [0.4, 0.5) is 11.6 Å². The number of carbonyl (C=O) groups excluding carboxylic acids is 1. The van der Waals surface area contributed by atoms with E-state index in [9.17, 15) is 4.79 Å². The van der Waals surface area contributed by atoms with Crippen molar-refractivity contribution in [3.05, 3.63) is 41.9 Å². The van der Waals surface area contributed by atoms with E-state index in [2.05, 4.69) is 42.4 Å². The van der Waals surface area contributed by atoms with E-state index in [1.54, 1.807) is 18.6 Å². The number of fused-ring (bicyclic) bond motifs is 1. The predicted octanol–water partition coefficient (Wildman–Crippen LogP) is 2.36. The summed E-state index contributed by atoms with van der Waals surface area (Å²) in [5.41, 5.74) is 2.70. The van der Waals surface area contributed by atoms with Gasteiger partial charge in [0.2, 0.25) is 0 Å². The van der Waals surface area contributed by atoms with Gasteiger partial charge in [-0.15, -0.1) is 0 Å². The first-order valence-electron chi connectivity index (χ1n) is 10.9. The normalized spacial score (nSPS) is 21.1. The molecule has 0 radical (unpaired) electrons. The van der Waals surface area contributed by atoms with Crippen LogP contribution in [0, 0.1) is 19.8 Å². The van der Waals surface area contributed by atoms with Gasteiger partial charge in [0, 0.05) is 24.8 Å². The number of imidazole rings is 1. The summed E-state index contributed by atoms with van der Waals surface area (Å²) in [5, 5.41) is 6.44. The van der Waals surface area contributed by atoms with Crippen LogP contribution in [0.2, 0.25) is 0 Å². The fourth-order valence-electron chi connectivity index (χ4n) is 4.33. The van der Waals surface area contributed by atoms with Crippen LogP contribution >= 0.6 is 0 Å². The van der Waals surface area contributed by atoms with E-state index in [1.807, 2.05) is 24.4 Å². The van der Waals surface area contributed by atoms with Crippen LogP contribution in [0.25, 0.3) is 5.65 Å². The summed E-state index contributed by atoms with van der Waals surface area (Å²) in [7, 11) is 0. The Hall–Kier alpha value is -3.07. The summed E-state index contributed by atoms with van der Waals surface area (Å²) < 4.78 is 1.87. The molecule has 0 spiro atoms. The second-order valence-electron chi connectivity index (χ2n) is 8.82. The van der Waals surface area contributed by atoms with E-state index in [-0.39, 0.29) is 11.6 Å². The number of hydrogen-bond donors (Lipinski definition) is 2. The van der Waals surface area contributed by atoms with Gasteiger partial charge in [0.1, 0.15) is 17.3 Å². The first-order chi connectivity index (χ1) is 15.0. The highest BCUT2D eigenvalue weighted by Crippen LogP contribution is 2.28. The molecule has 2 atom stereocenters. The van der Waals surface area contributed by atoms with Gasteiger partial charge in [-0.05, 0) is 52.5 Å². The average molecular weight is 421 g/mol. The molecule has 3 aromatic heterocycles. The van der Waals surface area contributed by atoms with Crippen LogP contribution in [0.1, 0.15) is 48.1 Å². The molecule has 2 fully saturated rings. The predicted molar refractivity (Wildman–Crippen MR) is 118 cm³/mol. The molecule has 9 heteroatoms. The topological polar surface area (TPSA) is 100 Å². The SMILES string of the molecule is Cc1cn2cc(NC(=O)c3cnc(N4CC(CNC5CC5)CC4C)cn3)nc(C)c2n1. The van der Waals surface area contributed by atoms with Gasteiger partial charge in [0.15, 0.2) is 5.65 Å². The Balaban J connectivity index is 1.24. The Morgan fingerprint density at radius 1 is 1.16 bits per heavy atom. The molecule has 1 aliphatic carbocycles. The number of aromatic nitrogens is 5. The summed E-state index contributed by atoms with van der Waals surface area (Å²) in [5.74, 6) is 1.57. The third-order valence-corrected chi connectivity index (χ3v) is 6.07. The van der Waals surface area contributed by atoms with E-state index in [1.165, 1.54) is 12.8 Å². The van der Waals surface area contributed by atoms with Gasteiger partial charge in [0.25, 0.3) is 5.91 Å². The monoisotopic (exact) mass is 420 g/mol. The molecule has 2 aliphatic rings. The zero-order chi connectivity index (χ0) is 21.5. The molecule has 162 valence electrons. The first kappa shape index (κ1) is 19.9. The maximum Gasteiger partial charge on any atom is 0.277 e. The maximum atomic E-state index is 12.7. The highest BCUT2D eigenvalue weighted by atomic mass is 16.2. The number of carbonyl (C=O) groups is 1. The van der Waals surface area contributed by atoms with Crippen molar-refractivity contribution in [3.63, 3.8) is 0 Å². The summed E-state index contributed by atoms with van der Waals surface area (Å²) in [6.45, 7) is 8.05. The Bertz CT molecular complexity index is 1100. The minimum Gasteiger partial charge on any atom is -0.352 e. The molecule has 2 unspecified atom stereocenters. The van der Waals surface area contributed by atoms with Crippen molar-refractivity contribution in [1.82, 2.24) is 29.7 Å². The molecule has 1 saturated carbocycles. The van der Waals surface area contributed by atoms with Crippen LogP contribution < -0.4 is 15.5 Å². The Labute approximate surface area is 181 Å². The van der Waals surface area contributed by atoms with Gasteiger partial charge in [-0.3, -0.25) is 4.79 Å². The van der Waals surface area contributed by atoms with Gasteiger partial charge in [-0.2, -0.15) is 0 Å². The van der Waals surface area contributed by atoms with Gasteiger partial charge >= 0.3 is 0 Å². The molecule has 4 heterocycles. The second-order valence-corrected chi connectivity index (χ2v) is 8.82. The van der Waals surface area contributed by atoms with Crippen molar-refractivity contribution in [1.29, 1.82) is 0 Å². The number of nitrogens with one attached hydrogen (secondary N) is 2. The van der Waals surface area contributed by atoms with Crippen molar-refractivity contribution in [2.75, 3.05) is 23.3 Å². The van der Waals surface area contributed by atoms with Crippen LogP contribution in [0.5, 0.6) is 0 Å². The third kappa shape index (κ3) is 4.23. The molecular weight excluding hydrogens is 392 g/mol. The number of anilines is 2. The van der Waals surface area contributed by atoms with E-state index in [0.29, 0.717) is 17.8 Å². The molecule has 3 aromatic rings. The van der Waals surface area contributed by atoms with Crippen LogP contribution in [0.3, 0.4) is 0 Å². The molecule has 0 aromatic carbocycles. The second kappa shape index (κ2) is 7.88. The molecule has 2 N–H and O–H groups in total. The van der Waals surface area contributed by atoms with E-state index in [0.717, 1.165) is 48.4 Å². The van der Waals surface area contributed by atoms with Gasteiger partial charge < -0.3 is 19.9 Å². The van der Waals surface area contributed by atoms with Crippen molar-refractivity contribution >= 4 is 23.2 Å². The maximum absolute atomic E-state index is 12.7. The molecule has 31 heavy (non-hydrogen) atoms. The van der Waals surface area contributed by atoms with Crippen molar-refractivity contribution < 1.29 is 4.79 Å². The lowest BCUT2D eigenvalue weighted by Crippen LogP contribution is -2.30. The quantitative estimate of drug-likeness (QED) is 0.631. The number of hydrogen-bond acceptors (Lipinski definition) is 7. The highest BCUT2D eigenvalue weighted by Gasteiger charge is 2.31. The minimum atomic E-state index is -0.330.